The van der Waals surface area contributed by atoms with Gasteiger partial charge in [-0.25, -0.2) is 0 Å². The summed E-state index contributed by atoms with van der Waals surface area (Å²) >= 11 is 0. The Balaban J connectivity index is 0.000000548. The second-order valence-corrected chi connectivity index (χ2v) is 28.2. The van der Waals surface area contributed by atoms with Crippen molar-refractivity contribution in [2.75, 3.05) is 41.4 Å². The maximum absolute atomic E-state index is 12.2. The molecule has 4 rings (SSSR count). The number of ether oxygens (including phenoxy) is 4. The smallest absolute Gasteiger partial charge is 0.373 e. The first-order chi connectivity index (χ1) is 34.5. The van der Waals surface area contributed by atoms with E-state index in [0.717, 1.165) is 19.3 Å². The fourth-order valence-corrected chi connectivity index (χ4v) is 16.0. The van der Waals surface area contributed by atoms with E-state index in [4.69, 9.17) is 33.0 Å². The minimum Gasteiger partial charge on any atom is -0.407 e. The second kappa shape index (κ2) is 31.0. The van der Waals surface area contributed by atoms with E-state index in [1.165, 1.54) is 10.4 Å². The lowest BCUT2D eigenvalue weighted by atomic mass is 9.78. The summed E-state index contributed by atoms with van der Waals surface area (Å²) in [4.78, 5) is 20.6. The Bertz CT molecular complexity index is 1850. The minimum atomic E-state index is -2.72. The molecule has 0 saturated carbocycles. The number of hydrogen-bond donors (Lipinski definition) is 5. The van der Waals surface area contributed by atoms with Crippen molar-refractivity contribution >= 4 is 24.8 Å². The van der Waals surface area contributed by atoms with E-state index in [1.54, 1.807) is 13.0 Å². The van der Waals surface area contributed by atoms with Crippen LogP contribution in [0.25, 0.3) is 0 Å². The predicted molar refractivity (Wildman–Crippen MR) is 296 cm³/mol. The highest BCUT2D eigenvalue weighted by Gasteiger charge is 2.51. The highest BCUT2D eigenvalue weighted by molar-refractivity contribution is 6.99. The van der Waals surface area contributed by atoms with Gasteiger partial charge < -0.3 is 58.7 Å². The van der Waals surface area contributed by atoms with Crippen molar-refractivity contribution in [1.82, 2.24) is 9.80 Å². The first-order valence-electron chi connectivity index (χ1n) is 27.2. The normalized spacial score (nSPS) is 25.9. The summed E-state index contributed by atoms with van der Waals surface area (Å²) in [7, 11) is 5.55. The van der Waals surface area contributed by atoms with Crippen LogP contribution >= 0.6 is 0 Å². The van der Waals surface area contributed by atoms with Crippen LogP contribution in [0.5, 0.6) is 0 Å². The van der Waals surface area contributed by atoms with Crippen LogP contribution in [-0.4, -0.2) is 164 Å². The van der Waals surface area contributed by atoms with Gasteiger partial charge >= 0.3 is 6.15 Å². The molecule has 2 fully saturated rings. The summed E-state index contributed by atoms with van der Waals surface area (Å²) in [6.45, 7) is 30.7. The molecule has 17 atom stereocenters. The van der Waals surface area contributed by atoms with Crippen LogP contribution in [0.4, 0.5) is 0 Å². The van der Waals surface area contributed by atoms with E-state index in [-0.39, 0.29) is 59.6 Å². The quantitative estimate of drug-likeness (QED) is 0.0488. The summed E-state index contributed by atoms with van der Waals surface area (Å²) in [5, 5.41) is 56.8. The summed E-state index contributed by atoms with van der Waals surface area (Å²) < 4.78 is 32.5. The number of benzene rings is 2. The largest absolute Gasteiger partial charge is 0.407 e. The average Bonchev–Trinajstić information content (AvgIpc) is 3.33. The Morgan fingerprint density at radius 1 is 0.716 bits per heavy atom. The number of rotatable bonds is 25. The van der Waals surface area contributed by atoms with E-state index >= 15 is 0 Å². The van der Waals surface area contributed by atoms with Crippen molar-refractivity contribution in [3.05, 3.63) is 73.3 Å². The molecule has 0 spiro atoms. The first-order valence-corrected chi connectivity index (χ1v) is 29.1. The SMILES string of the molecule is C=C[C@H](C)[C@@H](O)C(C)[C@@H](OC1C[C@@H](N(C)C)C[C@@H](C)O1)[C@](C)(O)C[C@@H](C)CO[Si](c1ccccc1)(c1ccccc1)C(C)(C)C.CC[C@@H](O)C(C)[C@@H](OC1C[C@@H](N(C)C)C[C@@H](C)O1)[C@](C)(O)C[C@@H](C)CO.O=C=O. The fraction of sp³-hybridized carbons (Fsp3) is 0.746. The van der Waals surface area contributed by atoms with Gasteiger partial charge in [-0.2, -0.15) is 9.59 Å². The Labute approximate surface area is 448 Å². The molecule has 4 unspecified atom stereocenters. The molecule has 2 aliphatic rings. The summed E-state index contributed by atoms with van der Waals surface area (Å²) in [5.74, 6) is -0.813. The molecule has 5 N–H and O–H groups in total. The van der Waals surface area contributed by atoms with Crippen molar-refractivity contribution in [3.63, 3.8) is 0 Å². The van der Waals surface area contributed by atoms with Gasteiger partial charge in [-0.3, -0.25) is 0 Å². The maximum atomic E-state index is 12.2. The number of nitrogens with zero attached hydrogens (tertiary/aromatic N) is 2. The third-order valence-corrected chi connectivity index (χ3v) is 20.5. The zero-order chi connectivity index (χ0) is 56.4. The third kappa shape index (κ3) is 19.6. The molecule has 15 heteroatoms. The van der Waals surface area contributed by atoms with Crippen LogP contribution in [0.1, 0.15) is 135 Å². The Morgan fingerprint density at radius 2 is 1.11 bits per heavy atom. The number of aliphatic hydroxyl groups is 5. The summed E-state index contributed by atoms with van der Waals surface area (Å²) in [5.41, 5.74) is -2.43. The molecular weight excluding hydrogens is 957 g/mol. The van der Waals surface area contributed by atoms with Gasteiger partial charge in [-0.05, 0) is 115 Å². The predicted octanol–water partition coefficient (Wildman–Crippen LogP) is 7.42. The minimum absolute atomic E-state index is 0.00719. The molecule has 0 bridgehead atoms. The molecule has 0 aromatic heterocycles. The molecule has 424 valence electrons. The van der Waals surface area contributed by atoms with Crippen LogP contribution in [0.15, 0.2) is 73.3 Å². The fourth-order valence-electron chi connectivity index (χ4n) is 11.3. The molecular formula is C59H102N2O12Si. The van der Waals surface area contributed by atoms with Crippen molar-refractivity contribution in [1.29, 1.82) is 0 Å². The van der Waals surface area contributed by atoms with Gasteiger partial charge in [0.1, 0.15) is 0 Å². The molecule has 14 nitrogen and oxygen atoms in total. The van der Waals surface area contributed by atoms with Crippen molar-refractivity contribution in [2.24, 2.45) is 29.6 Å². The zero-order valence-corrected chi connectivity index (χ0v) is 49.6. The lowest BCUT2D eigenvalue weighted by Gasteiger charge is -2.46. The maximum Gasteiger partial charge on any atom is 0.373 e. The van der Waals surface area contributed by atoms with Gasteiger partial charge in [0.15, 0.2) is 12.6 Å². The van der Waals surface area contributed by atoms with Gasteiger partial charge in [0.25, 0.3) is 8.32 Å². The van der Waals surface area contributed by atoms with Gasteiger partial charge in [-0.15, -0.1) is 6.58 Å². The van der Waals surface area contributed by atoms with E-state index < -0.39 is 56.5 Å². The topological polar surface area (TPSA) is 188 Å². The summed E-state index contributed by atoms with van der Waals surface area (Å²) in [6.07, 6.45) is 3.43. The molecule has 2 aliphatic heterocycles. The summed E-state index contributed by atoms with van der Waals surface area (Å²) in [6, 6.07) is 22.0. The van der Waals surface area contributed by atoms with Crippen molar-refractivity contribution in [3.8, 4) is 0 Å². The average molecular weight is 1060 g/mol. The van der Waals surface area contributed by atoms with Gasteiger partial charge in [0, 0.05) is 55.9 Å². The van der Waals surface area contributed by atoms with Gasteiger partial charge in [0.05, 0.1) is 47.8 Å². The van der Waals surface area contributed by atoms with Crippen LogP contribution in [0.2, 0.25) is 5.04 Å². The molecule has 2 aromatic rings. The van der Waals surface area contributed by atoms with Crippen LogP contribution < -0.4 is 10.4 Å². The monoisotopic (exact) mass is 1060 g/mol. The Kier molecular flexibility index (Phi) is 28.3. The standard InChI is InChI=1S/C38H61NO5Si.C20H41NO5.CO2/c1-12-28(3)35(40)30(5)36(44-34-24-31(39(10)11)23-29(4)43-34)38(9,41)25-27(2)26-42-45(37(6,7)8,32-19-15-13-16-20-32)33-21-17-14-18-22-33;1-8-17(23)15(4)19(20(5,24)11-13(2)12-22)26-18-10-16(21(6)7)9-14(3)25-18;2-1-3/h12-22,27-31,34-36,40-41H,1,23-26H2,2-11H3;13-19,22-24H,8-12H2,1-7H3;/t27-,28+,29-,30?,31+,34?,35-,36-,38-;13-,14-,15?,16+,17-,18?,19-,20-;/m11./s1. The molecule has 2 heterocycles. The van der Waals surface area contributed by atoms with Crippen LogP contribution in [0.3, 0.4) is 0 Å². The van der Waals surface area contributed by atoms with Crippen molar-refractivity contribution in [2.45, 2.75) is 212 Å². The number of carbonyl (C=O) groups excluding carboxylic acids is 2. The van der Waals surface area contributed by atoms with Crippen LogP contribution in [0, 0.1) is 29.6 Å². The zero-order valence-electron chi connectivity index (χ0n) is 48.6. The molecule has 2 aromatic carbocycles. The Hall–Kier alpha value is -2.70. The molecule has 74 heavy (non-hydrogen) atoms. The number of hydrogen-bond acceptors (Lipinski definition) is 14. The van der Waals surface area contributed by atoms with Crippen LogP contribution in [-0.2, 0) is 33.0 Å². The van der Waals surface area contributed by atoms with Gasteiger partial charge in [0.2, 0.25) is 0 Å². The second-order valence-electron chi connectivity index (χ2n) is 23.9. The molecule has 2 saturated heterocycles. The third-order valence-electron chi connectivity index (χ3n) is 15.5. The molecule has 0 amide bonds. The molecule has 0 aliphatic carbocycles. The number of aliphatic hydroxyl groups excluding tert-OH is 3. The highest BCUT2D eigenvalue weighted by Crippen LogP contribution is 2.40. The van der Waals surface area contributed by atoms with Gasteiger partial charge in [-0.1, -0.05) is 129 Å². The van der Waals surface area contributed by atoms with Crippen molar-refractivity contribution < 1.29 is 58.5 Å². The van der Waals surface area contributed by atoms with E-state index in [9.17, 15) is 25.5 Å². The first kappa shape index (κ1) is 67.4. The Morgan fingerprint density at radius 3 is 1.46 bits per heavy atom. The molecule has 0 radical (unpaired) electrons. The highest BCUT2D eigenvalue weighted by atomic mass is 28.4. The lowest BCUT2D eigenvalue weighted by Crippen LogP contribution is -2.67. The van der Waals surface area contributed by atoms with E-state index in [2.05, 4.69) is 140 Å². The van der Waals surface area contributed by atoms with E-state index in [0.29, 0.717) is 44.4 Å². The lowest BCUT2D eigenvalue weighted by molar-refractivity contribution is -0.266. The van der Waals surface area contributed by atoms with E-state index in [1.807, 2.05) is 48.5 Å².